The summed E-state index contributed by atoms with van der Waals surface area (Å²) in [7, 11) is 0. The maximum atomic E-state index is 13.7. The molecule has 4 N–H and O–H groups in total. The molecule has 2 atom stereocenters. The van der Waals surface area contributed by atoms with E-state index in [-0.39, 0.29) is 43.9 Å². The number of alkyl carbamates (subject to hydrolysis) is 1. The number of phenolic OH excluding ortho intramolecular Hbond substituents is 1. The second kappa shape index (κ2) is 16.0. The molecule has 0 heterocycles. The number of carbonyl (C=O) groups is 4. The third-order valence-electron chi connectivity index (χ3n) is 4.95. The number of phenols is 1. The van der Waals surface area contributed by atoms with Crippen LogP contribution in [0, 0.1) is 0 Å². The molecular weight excluding hydrogens is 502 g/mol. The SMILES string of the molecule is CCOC(=O)CCNC(=O)C(c1ccccc1O)N(CCO)C(=O)C(CCSC)NC(=O)OC(C)(C)C. The molecule has 0 spiro atoms. The van der Waals surface area contributed by atoms with Gasteiger partial charge >= 0.3 is 12.1 Å². The van der Waals surface area contributed by atoms with Gasteiger partial charge in [-0.2, -0.15) is 11.8 Å². The first-order valence-electron chi connectivity index (χ1n) is 12.1. The van der Waals surface area contributed by atoms with E-state index in [0.717, 1.165) is 4.90 Å². The van der Waals surface area contributed by atoms with Gasteiger partial charge < -0.3 is 35.2 Å². The lowest BCUT2D eigenvalue weighted by Gasteiger charge is -2.34. The van der Waals surface area contributed by atoms with E-state index < -0.39 is 48.2 Å². The lowest BCUT2D eigenvalue weighted by Crippen LogP contribution is -2.54. The number of hydrogen-bond acceptors (Lipinski definition) is 9. The van der Waals surface area contributed by atoms with E-state index in [0.29, 0.717) is 5.75 Å². The van der Waals surface area contributed by atoms with Crippen molar-refractivity contribution < 1.29 is 38.9 Å². The minimum Gasteiger partial charge on any atom is -0.508 e. The van der Waals surface area contributed by atoms with Gasteiger partial charge in [-0.15, -0.1) is 0 Å². The average Bonchev–Trinajstić information content (AvgIpc) is 2.81. The number of benzene rings is 1. The average molecular weight is 542 g/mol. The lowest BCUT2D eigenvalue weighted by molar-refractivity contribution is -0.144. The highest BCUT2D eigenvalue weighted by molar-refractivity contribution is 7.98. The first kappa shape index (κ1) is 32.0. The predicted octanol–water partition coefficient (Wildman–Crippen LogP) is 1.97. The van der Waals surface area contributed by atoms with Crippen molar-refractivity contribution in [3.05, 3.63) is 29.8 Å². The van der Waals surface area contributed by atoms with Crippen molar-refractivity contribution in [2.24, 2.45) is 0 Å². The van der Waals surface area contributed by atoms with E-state index in [1.54, 1.807) is 39.8 Å². The molecule has 0 aliphatic carbocycles. The Balaban J connectivity index is 3.33. The number of aliphatic hydroxyl groups excluding tert-OH is 1. The van der Waals surface area contributed by atoms with Crippen LogP contribution < -0.4 is 10.6 Å². The molecule has 0 radical (unpaired) electrons. The van der Waals surface area contributed by atoms with Crippen LogP contribution in [0.5, 0.6) is 5.75 Å². The Labute approximate surface area is 222 Å². The molecule has 0 aliphatic rings. The third kappa shape index (κ3) is 11.3. The van der Waals surface area contributed by atoms with Crippen LogP contribution in [-0.4, -0.2) is 88.9 Å². The van der Waals surface area contributed by atoms with Crippen molar-refractivity contribution in [2.45, 2.75) is 58.2 Å². The van der Waals surface area contributed by atoms with E-state index >= 15 is 0 Å². The third-order valence-corrected chi connectivity index (χ3v) is 5.59. The Kier molecular flexibility index (Phi) is 13.8. The van der Waals surface area contributed by atoms with Gasteiger partial charge in [0.25, 0.3) is 0 Å². The Morgan fingerprint density at radius 3 is 2.41 bits per heavy atom. The first-order valence-corrected chi connectivity index (χ1v) is 13.5. The molecule has 0 aromatic heterocycles. The number of ether oxygens (including phenoxy) is 2. The van der Waals surface area contributed by atoms with Crippen LogP contribution in [-0.2, 0) is 23.9 Å². The molecule has 0 saturated carbocycles. The van der Waals surface area contributed by atoms with Crippen molar-refractivity contribution in [1.29, 1.82) is 0 Å². The molecule has 0 bridgehead atoms. The molecule has 0 fully saturated rings. The molecule has 1 aromatic rings. The lowest BCUT2D eigenvalue weighted by atomic mass is 10.0. The highest BCUT2D eigenvalue weighted by atomic mass is 32.2. The number of carbonyl (C=O) groups excluding carboxylic acids is 4. The largest absolute Gasteiger partial charge is 0.508 e. The minimum atomic E-state index is -1.35. The van der Waals surface area contributed by atoms with Gasteiger partial charge in [0.15, 0.2) is 0 Å². The molecule has 208 valence electrons. The highest BCUT2D eigenvalue weighted by Crippen LogP contribution is 2.30. The van der Waals surface area contributed by atoms with E-state index in [1.807, 2.05) is 6.26 Å². The fourth-order valence-electron chi connectivity index (χ4n) is 3.40. The first-order chi connectivity index (χ1) is 17.4. The molecule has 11 nitrogen and oxygen atoms in total. The Morgan fingerprint density at radius 1 is 1.16 bits per heavy atom. The van der Waals surface area contributed by atoms with Crippen LogP contribution in [0.4, 0.5) is 4.79 Å². The highest BCUT2D eigenvalue weighted by Gasteiger charge is 2.37. The number of hydrogen-bond donors (Lipinski definition) is 4. The van der Waals surface area contributed by atoms with Crippen LogP contribution in [0.25, 0.3) is 0 Å². The number of para-hydroxylation sites is 1. The van der Waals surface area contributed by atoms with Crippen LogP contribution in [0.1, 0.15) is 52.1 Å². The number of aliphatic hydroxyl groups is 1. The van der Waals surface area contributed by atoms with Gasteiger partial charge in [-0.3, -0.25) is 14.4 Å². The number of amides is 3. The molecule has 2 unspecified atom stereocenters. The molecule has 0 saturated heterocycles. The van der Waals surface area contributed by atoms with Crippen molar-refractivity contribution in [3.63, 3.8) is 0 Å². The van der Waals surface area contributed by atoms with Gasteiger partial charge in [0.05, 0.1) is 19.6 Å². The number of nitrogens with one attached hydrogen (secondary N) is 2. The monoisotopic (exact) mass is 541 g/mol. The molecule has 37 heavy (non-hydrogen) atoms. The van der Waals surface area contributed by atoms with E-state index in [4.69, 9.17) is 9.47 Å². The second-order valence-electron chi connectivity index (χ2n) is 9.04. The minimum absolute atomic E-state index is 0.0605. The topological polar surface area (TPSA) is 154 Å². The second-order valence-corrected chi connectivity index (χ2v) is 10.0. The summed E-state index contributed by atoms with van der Waals surface area (Å²) in [6, 6.07) is 3.62. The van der Waals surface area contributed by atoms with E-state index in [1.165, 1.54) is 23.9 Å². The van der Waals surface area contributed by atoms with Gasteiger partial charge in [0, 0.05) is 18.7 Å². The van der Waals surface area contributed by atoms with E-state index in [9.17, 15) is 29.4 Å². The predicted molar refractivity (Wildman–Crippen MR) is 140 cm³/mol. The molecule has 0 aliphatic heterocycles. The Hall–Kier alpha value is -2.99. The van der Waals surface area contributed by atoms with Gasteiger partial charge in [0.2, 0.25) is 11.8 Å². The normalized spacial score (nSPS) is 12.7. The van der Waals surface area contributed by atoms with Crippen molar-refractivity contribution in [3.8, 4) is 5.75 Å². The van der Waals surface area contributed by atoms with E-state index in [2.05, 4.69) is 10.6 Å². The number of esters is 1. The maximum Gasteiger partial charge on any atom is 0.408 e. The number of aromatic hydroxyl groups is 1. The van der Waals surface area contributed by atoms with Gasteiger partial charge in [-0.25, -0.2) is 4.79 Å². The summed E-state index contributed by atoms with van der Waals surface area (Å²) < 4.78 is 10.2. The van der Waals surface area contributed by atoms with Gasteiger partial charge in [-0.1, -0.05) is 18.2 Å². The van der Waals surface area contributed by atoms with Gasteiger partial charge in [-0.05, 0) is 52.2 Å². The molecular formula is C25H39N3O8S. The summed E-state index contributed by atoms with van der Waals surface area (Å²) >= 11 is 1.47. The quantitative estimate of drug-likeness (QED) is 0.259. The molecule has 12 heteroatoms. The number of rotatable bonds is 14. The summed E-state index contributed by atoms with van der Waals surface area (Å²) in [5.41, 5.74) is -0.669. The van der Waals surface area contributed by atoms with Crippen LogP contribution in [0.15, 0.2) is 24.3 Å². The zero-order chi connectivity index (χ0) is 28.0. The van der Waals surface area contributed by atoms with Crippen molar-refractivity contribution >= 4 is 35.6 Å². The summed E-state index contributed by atoms with van der Waals surface area (Å²) in [6.45, 7) is 6.15. The zero-order valence-electron chi connectivity index (χ0n) is 22.1. The molecule has 1 rings (SSSR count). The maximum absolute atomic E-state index is 13.7. The smallest absolute Gasteiger partial charge is 0.408 e. The van der Waals surface area contributed by atoms with Crippen molar-refractivity contribution in [1.82, 2.24) is 15.5 Å². The summed E-state index contributed by atoms with van der Waals surface area (Å²) in [6.07, 6.45) is 1.20. The fourth-order valence-corrected chi connectivity index (χ4v) is 3.88. The van der Waals surface area contributed by atoms with Gasteiger partial charge in [0.1, 0.15) is 23.4 Å². The summed E-state index contributed by atoms with van der Waals surface area (Å²) in [5.74, 6) is -1.52. The standard InChI is InChI=1S/C25H39N3O8S/c1-6-35-20(31)11-13-26-22(32)21(17-9-7-8-10-19(17)30)28(14-15-29)23(33)18(12-16-37-5)27-24(34)36-25(2,3)4/h7-10,18,21,29-30H,6,11-16H2,1-5H3,(H,26,32)(H,27,34). The van der Waals surface area contributed by atoms with Crippen LogP contribution >= 0.6 is 11.8 Å². The Morgan fingerprint density at radius 2 is 1.84 bits per heavy atom. The van der Waals surface area contributed by atoms with Crippen LogP contribution in [0.2, 0.25) is 0 Å². The number of thioether (sulfide) groups is 1. The Bertz CT molecular complexity index is 906. The molecule has 1 aromatic carbocycles. The van der Waals surface area contributed by atoms with Crippen LogP contribution in [0.3, 0.4) is 0 Å². The number of nitrogens with zero attached hydrogens (tertiary/aromatic N) is 1. The fraction of sp³-hybridized carbons (Fsp3) is 0.600. The van der Waals surface area contributed by atoms with Crippen molar-refractivity contribution in [2.75, 3.05) is 38.3 Å². The summed E-state index contributed by atoms with van der Waals surface area (Å²) in [5, 5.41) is 25.5. The summed E-state index contributed by atoms with van der Waals surface area (Å²) in [4.78, 5) is 52.4. The molecule has 3 amide bonds. The zero-order valence-corrected chi connectivity index (χ0v) is 22.9.